The zero-order valence-electron chi connectivity index (χ0n) is 11.6. The monoisotopic (exact) mass is 256 g/mol. The molecule has 4 nitrogen and oxygen atoms in total. The van der Waals surface area contributed by atoms with Crippen molar-refractivity contribution in [2.75, 3.05) is 25.5 Å². The summed E-state index contributed by atoms with van der Waals surface area (Å²) in [6.07, 6.45) is 2.33. The number of aryl methyl sites for hydroxylation is 1. The normalized spacial score (nSPS) is 17.8. The molecule has 0 unspecified atom stereocenters. The summed E-state index contributed by atoms with van der Waals surface area (Å²) < 4.78 is 0. The first kappa shape index (κ1) is 12.4. The first-order valence-electron chi connectivity index (χ1n) is 6.91. The van der Waals surface area contributed by atoms with Crippen LogP contribution in [-0.2, 0) is 0 Å². The van der Waals surface area contributed by atoms with Crippen molar-refractivity contribution >= 4 is 16.6 Å². The standard InChI is InChI=1S/C15H20N4/c1-11-13-5-3-4-6-14(13)15(18-17-11)16-12-7-9-19(2)10-8-12/h3-6,12H,7-10H2,1-2H3,(H,16,18). The quantitative estimate of drug-likeness (QED) is 0.896. The van der Waals surface area contributed by atoms with Gasteiger partial charge in [-0.05, 0) is 39.9 Å². The number of hydrogen-bond acceptors (Lipinski definition) is 4. The molecule has 100 valence electrons. The lowest BCUT2D eigenvalue weighted by Gasteiger charge is -2.29. The first-order chi connectivity index (χ1) is 9.24. The zero-order chi connectivity index (χ0) is 13.2. The molecule has 1 aliphatic heterocycles. The second-order valence-corrected chi connectivity index (χ2v) is 5.40. The summed E-state index contributed by atoms with van der Waals surface area (Å²) >= 11 is 0. The Hall–Kier alpha value is -1.68. The third-order valence-electron chi connectivity index (χ3n) is 3.93. The van der Waals surface area contributed by atoms with E-state index in [0.717, 1.165) is 24.6 Å². The van der Waals surface area contributed by atoms with E-state index in [1.165, 1.54) is 23.6 Å². The second-order valence-electron chi connectivity index (χ2n) is 5.40. The molecule has 1 N–H and O–H groups in total. The van der Waals surface area contributed by atoms with Gasteiger partial charge in [-0.1, -0.05) is 24.3 Å². The highest BCUT2D eigenvalue weighted by Gasteiger charge is 2.18. The highest BCUT2D eigenvalue weighted by atomic mass is 15.2. The summed E-state index contributed by atoms with van der Waals surface area (Å²) in [6, 6.07) is 8.85. The van der Waals surface area contributed by atoms with Gasteiger partial charge in [0.2, 0.25) is 0 Å². The van der Waals surface area contributed by atoms with Gasteiger partial charge in [0.1, 0.15) is 0 Å². The third-order valence-corrected chi connectivity index (χ3v) is 3.93. The average molecular weight is 256 g/mol. The van der Waals surface area contributed by atoms with E-state index in [0.29, 0.717) is 6.04 Å². The first-order valence-corrected chi connectivity index (χ1v) is 6.91. The molecule has 1 aromatic carbocycles. The predicted molar refractivity (Wildman–Crippen MR) is 78.4 cm³/mol. The minimum atomic E-state index is 0.511. The van der Waals surface area contributed by atoms with E-state index in [9.17, 15) is 0 Å². The smallest absolute Gasteiger partial charge is 0.156 e. The van der Waals surface area contributed by atoms with E-state index in [4.69, 9.17) is 0 Å². The van der Waals surface area contributed by atoms with E-state index >= 15 is 0 Å². The van der Waals surface area contributed by atoms with Gasteiger partial charge in [0.05, 0.1) is 5.69 Å². The van der Waals surface area contributed by atoms with Crippen LogP contribution in [0.3, 0.4) is 0 Å². The molecule has 4 heteroatoms. The number of nitrogens with one attached hydrogen (secondary N) is 1. The number of aromatic nitrogens is 2. The van der Waals surface area contributed by atoms with E-state index < -0.39 is 0 Å². The Balaban J connectivity index is 1.87. The topological polar surface area (TPSA) is 41.1 Å². The minimum Gasteiger partial charge on any atom is -0.365 e. The van der Waals surface area contributed by atoms with Gasteiger partial charge < -0.3 is 10.2 Å². The molecule has 3 rings (SSSR count). The van der Waals surface area contributed by atoms with Crippen molar-refractivity contribution in [1.29, 1.82) is 0 Å². The lowest BCUT2D eigenvalue weighted by molar-refractivity contribution is 0.263. The number of rotatable bonds is 2. The van der Waals surface area contributed by atoms with Crippen LogP contribution in [0.5, 0.6) is 0 Å². The number of hydrogen-bond donors (Lipinski definition) is 1. The molecule has 0 bridgehead atoms. The second kappa shape index (κ2) is 5.13. The van der Waals surface area contributed by atoms with Crippen LogP contribution in [-0.4, -0.2) is 41.3 Å². The number of nitrogens with zero attached hydrogens (tertiary/aromatic N) is 3. The van der Waals surface area contributed by atoms with Crippen molar-refractivity contribution in [2.24, 2.45) is 0 Å². The van der Waals surface area contributed by atoms with E-state index in [1.54, 1.807) is 0 Å². The Morgan fingerprint density at radius 3 is 2.53 bits per heavy atom. The molecule has 0 spiro atoms. The molecular weight excluding hydrogens is 236 g/mol. The van der Waals surface area contributed by atoms with Crippen molar-refractivity contribution in [2.45, 2.75) is 25.8 Å². The summed E-state index contributed by atoms with van der Waals surface area (Å²) in [5, 5.41) is 14.5. The molecule has 0 aliphatic carbocycles. The van der Waals surface area contributed by atoms with Crippen molar-refractivity contribution in [3.05, 3.63) is 30.0 Å². The molecule has 0 atom stereocenters. The van der Waals surface area contributed by atoms with Gasteiger partial charge >= 0.3 is 0 Å². The Labute approximate surface area is 113 Å². The van der Waals surface area contributed by atoms with Gasteiger partial charge in [0.25, 0.3) is 0 Å². The van der Waals surface area contributed by atoms with E-state index in [1.807, 2.05) is 6.92 Å². The summed E-state index contributed by atoms with van der Waals surface area (Å²) in [5.74, 6) is 0.927. The maximum Gasteiger partial charge on any atom is 0.156 e. The van der Waals surface area contributed by atoms with Gasteiger partial charge in [-0.3, -0.25) is 0 Å². The highest BCUT2D eigenvalue weighted by Crippen LogP contribution is 2.24. The molecular formula is C15H20N4. The van der Waals surface area contributed by atoms with Crippen molar-refractivity contribution < 1.29 is 0 Å². The lowest BCUT2D eigenvalue weighted by atomic mass is 10.0. The van der Waals surface area contributed by atoms with Crippen LogP contribution in [0.25, 0.3) is 10.8 Å². The van der Waals surface area contributed by atoms with Crippen molar-refractivity contribution in [3.8, 4) is 0 Å². The van der Waals surface area contributed by atoms with Crippen LogP contribution in [0.15, 0.2) is 24.3 Å². The van der Waals surface area contributed by atoms with Crippen LogP contribution in [0.1, 0.15) is 18.5 Å². The molecule has 1 saturated heterocycles. The van der Waals surface area contributed by atoms with Crippen molar-refractivity contribution in [1.82, 2.24) is 15.1 Å². The molecule has 19 heavy (non-hydrogen) atoms. The Morgan fingerprint density at radius 1 is 1.11 bits per heavy atom. The largest absolute Gasteiger partial charge is 0.365 e. The number of benzene rings is 1. The molecule has 0 saturated carbocycles. The van der Waals surface area contributed by atoms with E-state index in [2.05, 4.69) is 51.7 Å². The fourth-order valence-electron chi connectivity index (χ4n) is 2.69. The zero-order valence-corrected chi connectivity index (χ0v) is 11.6. The fourth-order valence-corrected chi connectivity index (χ4v) is 2.69. The van der Waals surface area contributed by atoms with Gasteiger partial charge in [-0.25, -0.2) is 0 Å². The van der Waals surface area contributed by atoms with Crippen LogP contribution in [0.4, 0.5) is 5.82 Å². The Bertz CT molecular complexity index is 573. The molecule has 1 aromatic heterocycles. The highest BCUT2D eigenvalue weighted by molar-refractivity contribution is 5.92. The third kappa shape index (κ3) is 2.54. The summed E-state index contributed by atoms with van der Waals surface area (Å²) in [4.78, 5) is 2.37. The van der Waals surface area contributed by atoms with Gasteiger partial charge in [-0.15, -0.1) is 5.10 Å². The lowest BCUT2D eigenvalue weighted by Crippen LogP contribution is -2.37. The minimum absolute atomic E-state index is 0.511. The Morgan fingerprint density at radius 2 is 1.79 bits per heavy atom. The number of piperidine rings is 1. The number of fused-ring (bicyclic) bond motifs is 1. The van der Waals surface area contributed by atoms with E-state index in [-0.39, 0.29) is 0 Å². The van der Waals surface area contributed by atoms with Crippen LogP contribution in [0.2, 0.25) is 0 Å². The maximum absolute atomic E-state index is 4.34. The van der Waals surface area contributed by atoms with Crippen LogP contribution >= 0.6 is 0 Å². The summed E-state index contributed by atoms with van der Waals surface area (Å²) in [7, 11) is 2.18. The fraction of sp³-hybridized carbons (Fsp3) is 0.467. The van der Waals surface area contributed by atoms with Gasteiger partial charge in [0, 0.05) is 16.8 Å². The maximum atomic E-state index is 4.34. The SMILES string of the molecule is Cc1nnc(NC2CCN(C)CC2)c2ccccc12. The van der Waals surface area contributed by atoms with Gasteiger partial charge in [-0.2, -0.15) is 5.10 Å². The molecule has 0 radical (unpaired) electrons. The number of anilines is 1. The molecule has 2 aromatic rings. The summed E-state index contributed by atoms with van der Waals surface area (Å²) in [6.45, 7) is 4.30. The number of likely N-dealkylation sites (tertiary alicyclic amines) is 1. The molecule has 0 amide bonds. The van der Waals surface area contributed by atoms with Crippen LogP contribution < -0.4 is 5.32 Å². The predicted octanol–water partition coefficient (Wildman–Crippen LogP) is 2.44. The molecule has 2 heterocycles. The summed E-state index contributed by atoms with van der Waals surface area (Å²) in [5.41, 5.74) is 0.990. The average Bonchev–Trinajstić information content (AvgIpc) is 2.45. The Kier molecular flexibility index (Phi) is 3.34. The molecule has 1 aliphatic rings. The van der Waals surface area contributed by atoms with Crippen LogP contribution in [0, 0.1) is 6.92 Å². The molecule has 1 fully saturated rings. The van der Waals surface area contributed by atoms with Crippen molar-refractivity contribution in [3.63, 3.8) is 0 Å². The van der Waals surface area contributed by atoms with Gasteiger partial charge in [0.15, 0.2) is 5.82 Å².